The highest BCUT2D eigenvalue weighted by Gasteiger charge is 2.45. The number of nitrogens with zero attached hydrogens (tertiary/aromatic N) is 2. The van der Waals surface area contributed by atoms with Crippen LogP contribution in [0, 0.1) is 5.92 Å². The molecule has 9 heteroatoms. The summed E-state index contributed by atoms with van der Waals surface area (Å²) in [6.07, 6.45) is 0. The molecule has 0 unspecified atom stereocenters. The number of carbonyl (C=O) groups excluding carboxylic acids is 4. The quantitative estimate of drug-likeness (QED) is 0.363. The predicted molar refractivity (Wildman–Crippen MR) is 99.8 cm³/mol. The van der Waals surface area contributed by atoms with Crippen molar-refractivity contribution in [3.05, 3.63) is 24.3 Å². The molecule has 0 saturated carbocycles. The van der Waals surface area contributed by atoms with Gasteiger partial charge >= 0.3 is 17.8 Å². The standard InChI is InChI=1S/C19H25N3O6/c1-4-27-14-5-7-15(8-6-14)28-10-9-20-16(23)12-22-18(25)17(24)21(19(22)26)11-13(2)3/h5-8,13H,4,9-12H2,1-3H3,(H,20,23). The number of benzene rings is 1. The fourth-order valence-corrected chi connectivity index (χ4v) is 2.57. The topological polar surface area (TPSA) is 105 Å². The molecule has 0 spiro atoms. The van der Waals surface area contributed by atoms with Gasteiger partial charge in [-0.25, -0.2) is 9.69 Å². The van der Waals surface area contributed by atoms with Gasteiger partial charge in [-0.05, 0) is 37.1 Å². The Balaban J connectivity index is 1.75. The number of imide groups is 2. The van der Waals surface area contributed by atoms with Crippen molar-refractivity contribution in [1.29, 1.82) is 0 Å². The molecule has 5 amide bonds. The van der Waals surface area contributed by atoms with Crippen LogP contribution in [0.1, 0.15) is 20.8 Å². The third-order valence-corrected chi connectivity index (χ3v) is 3.81. The maximum absolute atomic E-state index is 12.2. The first kappa shape index (κ1) is 21.2. The molecule has 0 radical (unpaired) electrons. The monoisotopic (exact) mass is 391 g/mol. The van der Waals surface area contributed by atoms with Crippen molar-refractivity contribution in [3.8, 4) is 11.5 Å². The number of urea groups is 1. The van der Waals surface area contributed by atoms with E-state index < -0.39 is 30.3 Å². The lowest BCUT2D eigenvalue weighted by molar-refractivity contribution is -0.144. The van der Waals surface area contributed by atoms with E-state index in [1.165, 1.54) is 0 Å². The van der Waals surface area contributed by atoms with E-state index in [9.17, 15) is 19.2 Å². The molecule has 2 rings (SSSR count). The predicted octanol–water partition coefficient (Wildman–Crippen LogP) is 1.03. The summed E-state index contributed by atoms with van der Waals surface area (Å²) in [5.74, 6) is -1.04. The average Bonchev–Trinajstić information content (AvgIpc) is 2.84. The van der Waals surface area contributed by atoms with Crippen molar-refractivity contribution in [1.82, 2.24) is 15.1 Å². The molecular formula is C19H25N3O6. The van der Waals surface area contributed by atoms with Gasteiger partial charge in [0.2, 0.25) is 5.91 Å². The molecule has 1 N–H and O–H groups in total. The first-order valence-corrected chi connectivity index (χ1v) is 9.13. The highest BCUT2D eigenvalue weighted by molar-refractivity contribution is 6.45. The zero-order chi connectivity index (χ0) is 20.7. The van der Waals surface area contributed by atoms with Gasteiger partial charge in [0.1, 0.15) is 24.7 Å². The molecule has 1 aromatic carbocycles. The van der Waals surface area contributed by atoms with Crippen molar-refractivity contribution in [2.75, 3.05) is 32.8 Å². The summed E-state index contributed by atoms with van der Waals surface area (Å²) in [4.78, 5) is 49.5. The number of amides is 5. The second-order valence-electron chi connectivity index (χ2n) is 6.59. The SMILES string of the molecule is CCOc1ccc(OCCNC(=O)CN2C(=O)C(=O)N(CC(C)C)C2=O)cc1. The van der Waals surface area contributed by atoms with Crippen LogP contribution in [0.5, 0.6) is 11.5 Å². The van der Waals surface area contributed by atoms with E-state index in [4.69, 9.17) is 9.47 Å². The average molecular weight is 391 g/mol. The summed E-state index contributed by atoms with van der Waals surface area (Å²) < 4.78 is 10.8. The van der Waals surface area contributed by atoms with Crippen molar-refractivity contribution in [2.24, 2.45) is 5.92 Å². The Kier molecular flexibility index (Phi) is 7.36. The summed E-state index contributed by atoms with van der Waals surface area (Å²) in [6, 6.07) is 6.31. The summed E-state index contributed by atoms with van der Waals surface area (Å²) in [7, 11) is 0. The Hall–Kier alpha value is -3.10. The van der Waals surface area contributed by atoms with Gasteiger partial charge in [-0.1, -0.05) is 13.8 Å². The van der Waals surface area contributed by atoms with E-state index in [0.717, 1.165) is 10.6 Å². The number of carbonyl (C=O) groups is 4. The first-order chi connectivity index (χ1) is 13.3. The van der Waals surface area contributed by atoms with Crippen molar-refractivity contribution < 1.29 is 28.7 Å². The highest BCUT2D eigenvalue weighted by atomic mass is 16.5. The van der Waals surface area contributed by atoms with E-state index in [0.29, 0.717) is 17.3 Å². The van der Waals surface area contributed by atoms with Crippen LogP contribution in [0.2, 0.25) is 0 Å². The van der Waals surface area contributed by atoms with Gasteiger partial charge in [-0.3, -0.25) is 19.3 Å². The Morgan fingerprint density at radius 1 is 1.00 bits per heavy atom. The van der Waals surface area contributed by atoms with E-state index in [1.54, 1.807) is 24.3 Å². The van der Waals surface area contributed by atoms with Gasteiger partial charge in [0.15, 0.2) is 0 Å². The first-order valence-electron chi connectivity index (χ1n) is 9.13. The van der Waals surface area contributed by atoms with Gasteiger partial charge in [0, 0.05) is 6.54 Å². The number of nitrogens with one attached hydrogen (secondary N) is 1. The largest absolute Gasteiger partial charge is 0.494 e. The van der Waals surface area contributed by atoms with Gasteiger partial charge in [0.25, 0.3) is 0 Å². The summed E-state index contributed by atoms with van der Waals surface area (Å²) >= 11 is 0. The summed E-state index contributed by atoms with van der Waals surface area (Å²) in [6.45, 7) is 6.16. The molecular weight excluding hydrogens is 366 g/mol. The second-order valence-corrected chi connectivity index (χ2v) is 6.59. The van der Waals surface area contributed by atoms with Gasteiger partial charge in [-0.15, -0.1) is 0 Å². The molecule has 1 saturated heterocycles. The Morgan fingerprint density at radius 2 is 1.57 bits per heavy atom. The minimum absolute atomic E-state index is 0.0224. The van der Waals surface area contributed by atoms with E-state index in [-0.39, 0.29) is 25.6 Å². The van der Waals surface area contributed by atoms with E-state index in [2.05, 4.69) is 5.32 Å². The molecule has 0 aromatic heterocycles. The third-order valence-electron chi connectivity index (χ3n) is 3.81. The van der Waals surface area contributed by atoms with Gasteiger partial charge in [-0.2, -0.15) is 0 Å². The zero-order valence-electron chi connectivity index (χ0n) is 16.3. The maximum atomic E-state index is 12.2. The number of rotatable bonds is 10. The number of hydrogen-bond acceptors (Lipinski definition) is 6. The number of hydrogen-bond donors (Lipinski definition) is 1. The van der Waals surface area contributed by atoms with Crippen LogP contribution in [0.3, 0.4) is 0 Å². The van der Waals surface area contributed by atoms with Crippen LogP contribution in [-0.2, 0) is 14.4 Å². The molecule has 28 heavy (non-hydrogen) atoms. The Labute approximate surface area is 163 Å². The smallest absolute Gasteiger partial charge is 0.334 e. The molecule has 1 aromatic rings. The zero-order valence-corrected chi connectivity index (χ0v) is 16.3. The molecule has 1 fully saturated rings. The number of ether oxygens (including phenoxy) is 2. The second kappa shape index (κ2) is 9.72. The lowest BCUT2D eigenvalue weighted by Gasteiger charge is -2.16. The van der Waals surface area contributed by atoms with Crippen LogP contribution < -0.4 is 14.8 Å². The summed E-state index contributed by atoms with van der Waals surface area (Å²) in [5, 5.41) is 2.56. The highest BCUT2D eigenvalue weighted by Crippen LogP contribution is 2.17. The van der Waals surface area contributed by atoms with Crippen molar-refractivity contribution in [3.63, 3.8) is 0 Å². The van der Waals surface area contributed by atoms with Crippen LogP contribution in [0.4, 0.5) is 4.79 Å². The van der Waals surface area contributed by atoms with Crippen LogP contribution >= 0.6 is 0 Å². The fraction of sp³-hybridized carbons (Fsp3) is 0.474. The lowest BCUT2D eigenvalue weighted by Crippen LogP contribution is -2.42. The lowest BCUT2D eigenvalue weighted by atomic mass is 10.2. The molecule has 1 aliphatic heterocycles. The molecule has 9 nitrogen and oxygen atoms in total. The third kappa shape index (κ3) is 5.45. The molecule has 0 atom stereocenters. The molecule has 1 heterocycles. The van der Waals surface area contributed by atoms with Crippen molar-refractivity contribution >= 4 is 23.8 Å². The van der Waals surface area contributed by atoms with Crippen LogP contribution in [-0.4, -0.2) is 66.4 Å². The maximum Gasteiger partial charge on any atom is 0.334 e. The van der Waals surface area contributed by atoms with Crippen LogP contribution in [0.15, 0.2) is 24.3 Å². The minimum Gasteiger partial charge on any atom is -0.494 e. The fourth-order valence-electron chi connectivity index (χ4n) is 2.57. The molecule has 0 bridgehead atoms. The summed E-state index contributed by atoms with van der Waals surface area (Å²) in [5.41, 5.74) is 0. The van der Waals surface area contributed by atoms with E-state index >= 15 is 0 Å². The van der Waals surface area contributed by atoms with E-state index in [1.807, 2.05) is 20.8 Å². The van der Waals surface area contributed by atoms with Gasteiger partial charge < -0.3 is 14.8 Å². The van der Waals surface area contributed by atoms with Crippen LogP contribution in [0.25, 0.3) is 0 Å². The Morgan fingerprint density at radius 3 is 2.14 bits per heavy atom. The Bertz CT molecular complexity index is 732. The molecule has 152 valence electrons. The van der Waals surface area contributed by atoms with Gasteiger partial charge in [0.05, 0.1) is 13.2 Å². The molecule has 0 aliphatic carbocycles. The van der Waals surface area contributed by atoms with Crippen molar-refractivity contribution in [2.45, 2.75) is 20.8 Å². The molecule has 1 aliphatic rings. The minimum atomic E-state index is -0.980. The normalized spacial score (nSPS) is 14.1.